The Morgan fingerprint density at radius 3 is 2.69 bits per heavy atom. The zero-order chi connectivity index (χ0) is 24.7. The van der Waals surface area contributed by atoms with Gasteiger partial charge in [-0.3, -0.25) is 14.4 Å². The highest BCUT2D eigenvalue weighted by atomic mass is 16.1. The summed E-state index contributed by atoms with van der Waals surface area (Å²) in [6, 6.07) is 11.0. The largest absolute Gasteiger partial charge is 0.364 e. The Kier molecular flexibility index (Phi) is 6.07. The van der Waals surface area contributed by atoms with Crippen molar-refractivity contribution in [2.75, 3.05) is 18.0 Å². The second-order valence-corrected chi connectivity index (χ2v) is 9.46. The van der Waals surface area contributed by atoms with Gasteiger partial charge in [0.1, 0.15) is 12.1 Å². The van der Waals surface area contributed by atoms with Gasteiger partial charge in [-0.05, 0) is 37.5 Å². The topological polar surface area (TPSA) is 87.4 Å². The summed E-state index contributed by atoms with van der Waals surface area (Å²) in [4.78, 5) is 17.8. The maximum Gasteiger partial charge on any atom is 0.252 e. The molecule has 0 unspecified atom stereocenters. The maximum absolute atomic E-state index is 12.9. The molecule has 0 aliphatic carbocycles. The lowest BCUT2D eigenvalue weighted by molar-refractivity contribution is 0.101. The highest BCUT2D eigenvalue weighted by molar-refractivity contribution is 5.88. The van der Waals surface area contributed by atoms with Crippen LogP contribution in [-0.4, -0.2) is 54.0 Å². The summed E-state index contributed by atoms with van der Waals surface area (Å²) in [5.74, 6) is 0. The van der Waals surface area contributed by atoms with E-state index >= 15 is 0 Å². The average molecular weight is 473 g/mol. The van der Waals surface area contributed by atoms with E-state index in [0.29, 0.717) is 6.04 Å². The Bertz CT molecular complexity index is 1460. The van der Waals surface area contributed by atoms with E-state index in [1.165, 1.54) is 5.56 Å². The molecule has 0 bridgehead atoms. The Balaban J connectivity index is 1.51. The van der Waals surface area contributed by atoms with E-state index in [2.05, 4.69) is 60.1 Å². The number of rotatable bonds is 6. The van der Waals surface area contributed by atoms with Crippen LogP contribution in [0.2, 0.25) is 0 Å². The molecule has 9 nitrogen and oxygen atoms in total. The summed E-state index contributed by atoms with van der Waals surface area (Å²) in [7, 11) is 1.76. The first kappa shape index (κ1) is 23.1. The summed E-state index contributed by atoms with van der Waals surface area (Å²) in [6.07, 6.45) is 7.71. The second-order valence-electron chi connectivity index (χ2n) is 9.46. The second kappa shape index (κ2) is 9.19. The van der Waals surface area contributed by atoms with Crippen LogP contribution in [0.15, 0.2) is 47.7 Å². The van der Waals surface area contributed by atoms with E-state index < -0.39 is 0 Å². The lowest BCUT2D eigenvalue weighted by atomic mass is 9.97. The number of nitrogens with zero attached hydrogens (tertiary/aromatic N) is 8. The molecule has 182 valence electrons. The summed E-state index contributed by atoms with van der Waals surface area (Å²) in [5.41, 5.74) is 4.68. The summed E-state index contributed by atoms with van der Waals surface area (Å²) in [5, 5.41) is 18.3. The molecule has 1 fully saturated rings. The van der Waals surface area contributed by atoms with E-state index in [1.54, 1.807) is 28.6 Å². The predicted octanol–water partition coefficient (Wildman–Crippen LogP) is 3.35. The van der Waals surface area contributed by atoms with Gasteiger partial charge in [0.25, 0.3) is 5.56 Å². The van der Waals surface area contributed by atoms with Crippen LogP contribution in [0, 0.1) is 11.3 Å². The smallest absolute Gasteiger partial charge is 0.252 e. The van der Waals surface area contributed by atoms with E-state index in [4.69, 9.17) is 10.4 Å². The highest BCUT2D eigenvalue weighted by Crippen LogP contribution is 2.34. The summed E-state index contributed by atoms with van der Waals surface area (Å²) < 4.78 is 5.17. The van der Waals surface area contributed by atoms with Crippen molar-refractivity contribution in [2.45, 2.75) is 58.3 Å². The molecule has 0 saturated carbocycles. The third kappa shape index (κ3) is 3.98. The number of nitriles is 1. The predicted molar refractivity (Wildman–Crippen MR) is 136 cm³/mol. The number of aromatic nitrogens is 5. The fourth-order valence-corrected chi connectivity index (χ4v) is 5.44. The first-order chi connectivity index (χ1) is 16.9. The van der Waals surface area contributed by atoms with Crippen molar-refractivity contribution >= 4 is 22.2 Å². The van der Waals surface area contributed by atoms with Crippen molar-refractivity contribution < 1.29 is 0 Å². The Morgan fingerprint density at radius 2 is 1.94 bits per heavy atom. The Labute approximate surface area is 204 Å². The van der Waals surface area contributed by atoms with Gasteiger partial charge in [0.05, 0.1) is 29.0 Å². The average Bonchev–Trinajstić information content (AvgIpc) is 3.52. The minimum atomic E-state index is -0.0600. The van der Waals surface area contributed by atoms with Crippen molar-refractivity contribution in [1.29, 1.82) is 5.26 Å². The van der Waals surface area contributed by atoms with Gasteiger partial charge in [-0.25, -0.2) is 4.52 Å². The van der Waals surface area contributed by atoms with Gasteiger partial charge in [0.2, 0.25) is 0 Å². The number of hydrogen-bond acceptors (Lipinski definition) is 6. The fraction of sp³-hybridized carbons (Fsp3) is 0.462. The minimum absolute atomic E-state index is 0.0600. The SMILES string of the molecule is CC[C@H]1CN([C@H](C)c2ccc3ccnn3c2)[C@H](CC)CN1c1cc(=O)n(C)c2cn(CC#N)nc12. The molecular formula is C26H32N8O. The van der Waals surface area contributed by atoms with Gasteiger partial charge in [-0.2, -0.15) is 15.5 Å². The fourth-order valence-electron chi connectivity index (χ4n) is 5.44. The van der Waals surface area contributed by atoms with Crippen molar-refractivity contribution in [3.63, 3.8) is 0 Å². The molecule has 0 amide bonds. The van der Waals surface area contributed by atoms with Gasteiger partial charge in [0, 0.05) is 56.7 Å². The van der Waals surface area contributed by atoms with Gasteiger partial charge in [-0.1, -0.05) is 19.9 Å². The van der Waals surface area contributed by atoms with Crippen molar-refractivity contribution in [1.82, 2.24) is 28.9 Å². The van der Waals surface area contributed by atoms with Crippen LogP contribution in [0.4, 0.5) is 5.69 Å². The van der Waals surface area contributed by atoms with Crippen LogP contribution in [0.5, 0.6) is 0 Å². The molecule has 1 saturated heterocycles. The maximum atomic E-state index is 12.9. The van der Waals surface area contributed by atoms with Gasteiger partial charge < -0.3 is 9.47 Å². The number of pyridine rings is 2. The first-order valence-electron chi connectivity index (χ1n) is 12.3. The molecule has 0 N–H and O–H groups in total. The van der Waals surface area contributed by atoms with Gasteiger partial charge in [-0.15, -0.1) is 0 Å². The summed E-state index contributed by atoms with van der Waals surface area (Å²) >= 11 is 0. The van der Waals surface area contributed by atoms with Crippen LogP contribution < -0.4 is 10.5 Å². The molecule has 3 atom stereocenters. The lowest BCUT2D eigenvalue weighted by Gasteiger charge is -2.49. The normalized spacial score (nSPS) is 19.9. The quantitative estimate of drug-likeness (QED) is 0.428. The standard InChI is InChI=1S/C26H32N8O/c1-5-20-16-33(23-13-25(35)30(4)24-17-31(12-10-27)29-26(23)24)21(6-2)15-32(20)18(3)19-7-8-22-9-11-28-34(22)14-19/h7-9,11,13-14,17-18,20-21H,5-6,12,15-16H2,1-4H3/t18-,20-,21+/m1/s1. The molecule has 5 rings (SSSR count). The van der Waals surface area contributed by atoms with Crippen molar-refractivity contribution in [2.24, 2.45) is 7.05 Å². The number of anilines is 1. The molecule has 0 spiro atoms. The van der Waals surface area contributed by atoms with Crippen LogP contribution in [0.25, 0.3) is 16.6 Å². The van der Waals surface area contributed by atoms with E-state index in [9.17, 15) is 4.79 Å². The Morgan fingerprint density at radius 1 is 1.14 bits per heavy atom. The molecule has 5 heterocycles. The van der Waals surface area contributed by atoms with Crippen molar-refractivity contribution in [3.8, 4) is 6.07 Å². The molecule has 0 radical (unpaired) electrons. The highest BCUT2D eigenvalue weighted by Gasteiger charge is 2.36. The first-order valence-corrected chi connectivity index (χ1v) is 12.3. The Hall–Kier alpha value is -3.64. The van der Waals surface area contributed by atoms with Gasteiger partial charge in [0.15, 0.2) is 0 Å². The monoisotopic (exact) mass is 472 g/mol. The third-order valence-electron chi connectivity index (χ3n) is 7.56. The van der Waals surface area contributed by atoms with Crippen molar-refractivity contribution in [3.05, 3.63) is 58.8 Å². The molecule has 4 aromatic rings. The van der Waals surface area contributed by atoms with Crippen LogP contribution >= 0.6 is 0 Å². The van der Waals surface area contributed by atoms with Crippen LogP contribution in [0.3, 0.4) is 0 Å². The lowest BCUT2D eigenvalue weighted by Crippen LogP contribution is -2.58. The zero-order valence-electron chi connectivity index (χ0n) is 20.8. The van der Waals surface area contributed by atoms with Crippen LogP contribution in [-0.2, 0) is 13.6 Å². The third-order valence-corrected chi connectivity index (χ3v) is 7.56. The zero-order valence-corrected chi connectivity index (χ0v) is 20.8. The number of piperazine rings is 1. The number of fused-ring (bicyclic) bond motifs is 2. The minimum Gasteiger partial charge on any atom is -0.364 e. The van der Waals surface area contributed by atoms with E-state index in [-0.39, 0.29) is 24.2 Å². The van der Waals surface area contributed by atoms with Gasteiger partial charge >= 0.3 is 0 Å². The molecule has 35 heavy (non-hydrogen) atoms. The van der Waals surface area contributed by atoms with Crippen LogP contribution in [0.1, 0.15) is 45.2 Å². The number of hydrogen-bond donors (Lipinski definition) is 0. The summed E-state index contributed by atoms with van der Waals surface area (Å²) in [6.45, 7) is 8.57. The van der Waals surface area contributed by atoms with E-state index in [1.807, 2.05) is 16.8 Å². The molecule has 1 aliphatic rings. The molecule has 4 aromatic heterocycles. The molecular weight excluding hydrogens is 440 g/mol. The van der Waals surface area contributed by atoms with E-state index in [0.717, 1.165) is 48.2 Å². The molecule has 0 aromatic carbocycles. The molecule has 9 heteroatoms. The molecule has 1 aliphatic heterocycles. The number of aryl methyl sites for hydroxylation is 1.